The first-order valence-electron chi connectivity index (χ1n) is 8.18. The van der Waals surface area contributed by atoms with Crippen molar-refractivity contribution in [1.82, 2.24) is 15.2 Å². The molecular formula is C19H22N4O2. The molecule has 2 aromatic carbocycles. The zero-order valence-electron chi connectivity index (χ0n) is 14.6. The molecule has 130 valence electrons. The van der Waals surface area contributed by atoms with Gasteiger partial charge >= 0.3 is 0 Å². The van der Waals surface area contributed by atoms with E-state index in [1.54, 1.807) is 7.11 Å². The summed E-state index contributed by atoms with van der Waals surface area (Å²) in [5, 5.41) is 7.24. The molecule has 0 saturated heterocycles. The fourth-order valence-electron chi connectivity index (χ4n) is 2.64. The van der Waals surface area contributed by atoms with Gasteiger partial charge in [0.2, 0.25) is 0 Å². The van der Waals surface area contributed by atoms with E-state index < -0.39 is 6.04 Å². The second kappa shape index (κ2) is 7.36. The highest BCUT2D eigenvalue weighted by molar-refractivity contribution is 5.55. The Kier molecular flexibility index (Phi) is 5.00. The van der Waals surface area contributed by atoms with E-state index in [1.165, 1.54) is 0 Å². The van der Waals surface area contributed by atoms with Gasteiger partial charge in [-0.1, -0.05) is 29.8 Å². The smallest absolute Gasteiger partial charge is 0.181 e. The third kappa shape index (κ3) is 3.64. The van der Waals surface area contributed by atoms with Gasteiger partial charge in [0.05, 0.1) is 19.8 Å². The van der Waals surface area contributed by atoms with Crippen molar-refractivity contribution >= 4 is 0 Å². The maximum atomic E-state index is 6.36. The molecule has 1 aromatic heterocycles. The highest BCUT2D eigenvalue weighted by atomic mass is 16.5. The number of nitrogens with two attached hydrogens (primary N) is 1. The summed E-state index contributed by atoms with van der Waals surface area (Å²) in [5.74, 6) is 2.57. The Morgan fingerprint density at radius 3 is 2.72 bits per heavy atom. The molecule has 0 aliphatic heterocycles. The van der Waals surface area contributed by atoms with Gasteiger partial charge in [-0.3, -0.25) is 5.10 Å². The summed E-state index contributed by atoms with van der Waals surface area (Å²) in [6.45, 7) is 4.51. The Bertz CT molecular complexity index is 860. The van der Waals surface area contributed by atoms with E-state index >= 15 is 0 Å². The fraction of sp³-hybridized carbons (Fsp3) is 0.263. The van der Waals surface area contributed by atoms with Crippen molar-refractivity contribution in [2.45, 2.75) is 19.9 Å². The second-order valence-electron chi connectivity index (χ2n) is 5.73. The molecule has 0 unspecified atom stereocenters. The predicted molar refractivity (Wildman–Crippen MR) is 96.7 cm³/mol. The van der Waals surface area contributed by atoms with Crippen LogP contribution in [-0.2, 0) is 0 Å². The first-order chi connectivity index (χ1) is 12.1. The van der Waals surface area contributed by atoms with Crippen LogP contribution in [0.2, 0.25) is 0 Å². The number of benzene rings is 2. The van der Waals surface area contributed by atoms with Crippen LogP contribution in [0.5, 0.6) is 11.5 Å². The minimum absolute atomic E-state index is 0.434. The summed E-state index contributed by atoms with van der Waals surface area (Å²) < 4.78 is 10.9. The zero-order valence-corrected chi connectivity index (χ0v) is 14.6. The van der Waals surface area contributed by atoms with E-state index in [4.69, 9.17) is 15.2 Å². The van der Waals surface area contributed by atoms with Crippen molar-refractivity contribution in [3.8, 4) is 22.9 Å². The summed E-state index contributed by atoms with van der Waals surface area (Å²) >= 11 is 0. The van der Waals surface area contributed by atoms with Crippen LogP contribution in [0.1, 0.15) is 29.9 Å². The molecule has 0 aliphatic rings. The molecule has 1 heterocycles. The van der Waals surface area contributed by atoms with Crippen molar-refractivity contribution in [3.05, 3.63) is 59.4 Å². The number of rotatable bonds is 6. The average Bonchev–Trinajstić information content (AvgIpc) is 3.11. The molecule has 0 amide bonds. The topological polar surface area (TPSA) is 86.0 Å². The first-order valence-corrected chi connectivity index (χ1v) is 8.18. The van der Waals surface area contributed by atoms with Crippen LogP contribution in [0.4, 0.5) is 0 Å². The number of ether oxygens (including phenoxy) is 2. The Morgan fingerprint density at radius 1 is 1.16 bits per heavy atom. The van der Waals surface area contributed by atoms with E-state index in [1.807, 2.05) is 56.3 Å². The fourth-order valence-corrected chi connectivity index (χ4v) is 2.64. The van der Waals surface area contributed by atoms with Crippen LogP contribution in [0.25, 0.3) is 11.4 Å². The van der Waals surface area contributed by atoms with E-state index in [-0.39, 0.29) is 0 Å². The van der Waals surface area contributed by atoms with Crippen LogP contribution in [0.15, 0.2) is 42.5 Å². The molecule has 3 rings (SSSR count). The van der Waals surface area contributed by atoms with Crippen LogP contribution in [0.3, 0.4) is 0 Å². The Morgan fingerprint density at radius 2 is 2.00 bits per heavy atom. The first kappa shape index (κ1) is 17.0. The molecular weight excluding hydrogens is 316 g/mol. The number of nitrogens with zero attached hydrogens (tertiary/aromatic N) is 2. The molecule has 3 N–H and O–H groups in total. The van der Waals surface area contributed by atoms with E-state index in [9.17, 15) is 0 Å². The lowest BCUT2D eigenvalue weighted by Gasteiger charge is -2.14. The summed E-state index contributed by atoms with van der Waals surface area (Å²) in [6, 6.07) is 13.2. The minimum atomic E-state index is -0.434. The molecule has 25 heavy (non-hydrogen) atoms. The van der Waals surface area contributed by atoms with Gasteiger partial charge in [0.15, 0.2) is 17.3 Å². The summed E-state index contributed by atoms with van der Waals surface area (Å²) in [7, 11) is 1.61. The van der Waals surface area contributed by atoms with Crippen LogP contribution >= 0.6 is 0 Å². The standard InChI is InChI=1S/C19H22N4O2/c1-4-25-16-11-13(8-9-15(16)24-3)17(20)19-21-18(22-23-19)14-7-5-6-12(2)10-14/h5-11,17H,4,20H2,1-3H3,(H,21,22,23)/t17-/m0/s1. The Balaban J connectivity index is 1.89. The summed E-state index contributed by atoms with van der Waals surface area (Å²) in [5.41, 5.74) is 9.35. The van der Waals surface area contributed by atoms with Gasteiger partial charge in [-0.05, 0) is 37.6 Å². The summed E-state index contributed by atoms with van der Waals surface area (Å²) in [4.78, 5) is 4.55. The Labute approximate surface area is 147 Å². The number of hydrogen-bond acceptors (Lipinski definition) is 5. The lowest BCUT2D eigenvalue weighted by atomic mass is 10.1. The zero-order chi connectivity index (χ0) is 17.8. The maximum absolute atomic E-state index is 6.36. The van der Waals surface area contributed by atoms with Crippen molar-refractivity contribution in [1.29, 1.82) is 0 Å². The molecule has 0 spiro atoms. The number of aromatic nitrogens is 3. The van der Waals surface area contributed by atoms with Crippen molar-refractivity contribution in [2.75, 3.05) is 13.7 Å². The van der Waals surface area contributed by atoms with Crippen molar-refractivity contribution < 1.29 is 9.47 Å². The van der Waals surface area contributed by atoms with Gasteiger partial charge in [-0.25, -0.2) is 4.98 Å². The van der Waals surface area contributed by atoms with Gasteiger partial charge in [-0.2, -0.15) is 5.10 Å². The molecule has 0 bridgehead atoms. The van der Waals surface area contributed by atoms with E-state index in [0.717, 1.165) is 16.7 Å². The van der Waals surface area contributed by atoms with Gasteiger partial charge in [-0.15, -0.1) is 0 Å². The third-order valence-electron chi connectivity index (χ3n) is 3.92. The highest BCUT2D eigenvalue weighted by Crippen LogP contribution is 2.31. The molecule has 0 fully saturated rings. The number of methoxy groups -OCH3 is 1. The van der Waals surface area contributed by atoms with Gasteiger partial charge in [0.25, 0.3) is 0 Å². The average molecular weight is 338 g/mol. The normalized spacial score (nSPS) is 12.0. The molecule has 0 aliphatic carbocycles. The minimum Gasteiger partial charge on any atom is -0.493 e. The lowest BCUT2D eigenvalue weighted by molar-refractivity contribution is 0.310. The van der Waals surface area contributed by atoms with E-state index in [2.05, 4.69) is 15.2 Å². The largest absolute Gasteiger partial charge is 0.493 e. The quantitative estimate of drug-likeness (QED) is 0.720. The molecule has 0 saturated carbocycles. The van der Waals surface area contributed by atoms with Crippen molar-refractivity contribution in [3.63, 3.8) is 0 Å². The molecule has 0 radical (unpaired) electrons. The van der Waals surface area contributed by atoms with Crippen LogP contribution < -0.4 is 15.2 Å². The lowest BCUT2D eigenvalue weighted by Crippen LogP contribution is -2.14. The van der Waals surface area contributed by atoms with Crippen LogP contribution in [-0.4, -0.2) is 28.9 Å². The number of H-pyrrole nitrogens is 1. The van der Waals surface area contributed by atoms with E-state index in [0.29, 0.717) is 29.8 Å². The molecule has 6 heteroatoms. The predicted octanol–water partition coefficient (Wildman–Crippen LogP) is 3.24. The van der Waals surface area contributed by atoms with Crippen LogP contribution in [0, 0.1) is 6.92 Å². The SMILES string of the molecule is CCOc1cc([C@H](N)c2nc(-c3cccc(C)c3)n[nH]2)ccc1OC. The number of aromatic amines is 1. The highest BCUT2D eigenvalue weighted by Gasteiger charge is 2.17. The van der Waals surface area contributed by atoms with Gasteiger partial charge in [0, 0.05) is 5.56 Å². The molecule has 3 aromatic rings. The number of nitrogens with one attached hydrogen (secondary N) is 1. The monoisotopic (exact) mass is 338 g/mol. The number of aryl methyl sites for hydroxylation is 1. The molecule has 1 atom stereocenters. The summed E-state index contributed by atoms with van der Waals surface area (Å²) in [6.07, 6.45) is 0. The van der Waals surface area contributed by atoms with Crippen molar-refractivity contribution in [2.24, 2.45) is 5.73 Å². The Hall–Kier alpha value is -2.86. The third-order valence-corrected chi connectivity index (χ3v) is 3.92. The number of hydrogen-bond donors (Lipinski definition) is 2. The van der Waals surface area contributed by atoms with Gasteiger partial charge in [0.1, 0.15) is 5.82 Å². The van der Waals surface area contributed by atoms with Gasteiger partial charge < -0.3 is 15.2 Å². The molecule has 6 nitrogen and oxygen atoms in total. The maximum Gasteiger partial charge on any atom is 0.181 e. The second-order valence-corrected chi connectivity index (χ2v) is 5.73.